The summed E-state index contributed by atoms with van der Waals surface area (Å²) in [5, 5.41) is 2.19. The molecule has 0 saturated carbocycles. The Labute approximate surface area is 94.3 Å². The summed E-state index contributed by atoms with van der Waals surface area (Å²) in [7, 11) is -0.453. The van der Waals surface area contributed by atoms with Crippen LogP contribution in [0.25, 0.3) is 0 Å². The van der Waals surface area contributed by atoms with Gasteiger partial charge in [-0.1, -0.05) is 6.07 Å². The zero-order valence-corrected chi connectivity index (χ0v) is 9.97. The monoisotopic (exact) mass is 242 g/mol. The van der Waals surface area contributed by atoms with Crippen molar-refractivity contribution in [1.82, 2.24) is 4.31 Å². The Hall–Kier alpha value is -1.07. The molecule has 0 saturated heterocycles. The Bertz CT molecular complexity index is 503. The molecule has 0 heterocycles. The molecular formula is C9H10N2O2S2. The van der Waals surface area contributed by atoms with Crippen LogP contribution in [0.1, 0.15) is 0 Å². The molecule has 15 heavy (non-hydrogen) atoms. The van der Waals surface area contributed by atoms with E-state index in [2.05, 4.69) is 22.4 Å². The zero-order chi connectivity index (χ0) is 11.5. The average Bonchev–Trinajstić information content (AvgIpc) is 2.18. The maximum absolute atomic E-state index is 11.7. The van der Waals surface area contributed by atoms with Gasteiger partial charge < -0.3 is 0 Å². The summed E-state index contributed by atoms with van der Waals surface area (Å²) in [6.45, 7) is 0. The van der Waals surface area contributed by atoms with Crippen molar-refractivity contribution >= 4 is 33.1 Å². The van der Waals surface area contributed by atoms with E-state index in [1.54, 1.807) is 12.1 Å². The fourth-order valence-corrected chi connectivity index (χ4v) is 2.02. The molecule has 0 aliphatic rings. The van der Waals surface area contributed by atoms with E-state index in [9.17, 15) is 8.42 Å². The first-order chi connectivity index (χ1) is 6.98. The van der Waals surface area contributed by atoms with Crippen LogP contribution in [0, 0.1) is 0 Å². The lowest BCUT2D eigenvalue weighted by atomic mass is 10.3. The topological polar surface area (TPSA) is 49.7 Å². The molecule has 80 valence electrons. The minimum Gasteiger partial charge on any atom is -0.207 e. The fraction of sp³-hybridized carbons (Fsp3) is 0.222. The minimum atomic E-state index is -3.41. The third kappa shape index (κ3) is 2.70. The summed E-state index contributed by atoms with van der Waals surface area (Å²) >= 11 is 4.45. The van der Waals surface area contributed by atoms with Gasteiger partial charge in [0.1, 0.15) is 0 Å². The van der Waals surface area contributed by atoms with Crippen LogP contribution in [-0.4, -0.2) is 32.0 Å². The highest BCUT2D eigenvalue weighted by molar-refractivity contribution is 7.89. The van der Waals surface area contributed by atoms with Crippen molar-refractivity contribution in [3.8, 4) is 0 Å². The normalized spacial score (nSPS) is 11.1. The quantitative estimate of drug-likeness (QED) is 0.598. The van der Waals surface area contributed by atoms with E-state index in [1.807, 2.05) is 0 Å². The van der Waals surface area contributed by atoms with Crippen molar-refractivity contribution in [2.75, 3.05) is 14.1 Å². The van der Waals surface area contributed by atoms with Crippen LogP contribution >= 0.6 is 12.2 Å². The maximum atomic E-state index is 11.7. The molecule has 0 fully saturated rings. The van der Waals surface area contributed by atoms with Crippen LogP contribution in [-0.2, 0) is 10.0 Å². The van der Waals surface area contributed by atoms with Gasteiger partial charge in [-0.3, -0.25) is 0 Å². The molecule has 0 aliphatic heterocycles. The molecule has 1 aromatic rings. The maximum Gasteiger partial charge on any atom is 0.242 e. The number of thiocarbonyl (C=S) groups is 1. The van der Waals surface area contributed by atoms with Crippen molar-refractivity contribution in [1.29, 1.82) is 0 Å². The molecule has 0 aromatic heterocycles. The van der Waals surface area contributed by atoms with Crippen molar-refractivity contribution < 1.29 is 8.42 Å². The second-order valence-electron chi connectivity index (χ2n) is 2.99. The molecule has 0 N–H and O–H groups in total. The van der Waals surface area contributed by atoms with E-state index in [0.717, 1.165) is 4.31 Å². The zero-order valence-electron chi connectivity index (χ0n) is 8.34. The Balaban J connectivity index is 3.28. The predicted octanol–water partition coefficient (Wildman–Crippen LogP) is 1.67. The predicted molar refractivity (Wildman–Crippen MR) is 62.0 cm³/mol. The Morgan fingerprint density at radius 1 is 1.40 bits per heavy atom. The lowest BCUT2D eigenvalue weighted by Crippen LogP contribution is -2.22. The molecule has 0 spiro atoms. The van der Waals surface area contributed by atoms with Crippen LogP contribution in [0.2, 0.25) is 0 Å². The Morgan fingerprint density at radius 3 is 2.60 bits per heavy atom. The highest BCUT2D eigenvalue weighted by atomic mass is 32.2. The molecule has 0 atom stereocenters. The third-order valence-electron chi connectivity index (χ3n) is 1.77. The number of sulfonamides is 1. The Kier molecular flexibility index (Phi) is 3.71. The standard InChI is InChI=1S/C9H10N2O2S2/c1-11(2)15(12,13)9-5-3-4-8(6-9)10-7-14/h3-6H,1-2H3. The van der Waals surface area contributed by atoms with E-state index < -0.39 is 10.0 Å². The molecule has 0 amide bonds. The van der Waals surface area contributed by atoms with Crippen molar-refractivity contribution in [2.24, 2.45) is 4.99 Å². The van der Waals surface area contributed by atoms with Crippen LogP contribution < -0.4 is 0 Å². The lowest BCUT2D eigenvalue weighted by molar-refractivity contribution is 0.521. The van der Waals surface area contributed by atoms with E-state index in [1.165, 1.54) is 26.2 Å². The largest absolute Gasteiger partial charge is 0.242 e. The third-order valence-corrected chi connectivity index (χ3v) is 3.67. The highest BCUT2D eigenvalue weighted by Crippen LogP contribution is 2.19. The summed E-state index contributed by atoms with van der Waals surface area (Å²) < 4.78 is 24.6. The molecule has 1 rings (SSSR count). The summed E-state index contributed by atoms with van der Waals surface area (Å²) in [5.74, 6) is 0. The first kappa shape index (κ1) is 12.0. The van der Waals surface area contributed by atoms with Crippen LogP contribution in [0.15, 0.2) is 34.2 Å². The van der Waals surface area contributed by atoms with Gasteiger partial charge in [-0.15, -0.1) is 0 Å². The van der Waals surface area contributed by atoms with Gasteiger partial charge in [0.05, 0.1) is 15.7 Å². The molecule has 1 aromatic carbocycles. The minimum absolute atomic E-state index is 0.194. The molecule has 0 bridgehead atoms. The molecule has 0 aliphatic carbocycles. The van der Waals surface area contributed by atoms with E-state index in [-0.39, 0.29) is 4.90 Å². The van der Waals surface area contributed by atoms with Crippen LogP contribution in [0.3, 0.4) is 0 Å². The van der Waals surface area contributed by atoms with Gasteiger partial charge >= 0.3 is 0 Å². The summed E-state index contributed by atoms with van der Waals surface area (Å²) in [6, 6.07) is 6.24. The van der Waals surface area contributed by atoms with E-state index in [4.69, 9.17) is 0 Å². The molecule has 0 radical (unpaired) electrons. The second kappa shape index (κ2) is 4.63. The van der Waals surface area contributed by atoms with Crippen molar-refractivity contribution in [3.63, 3.8) is 0 Å². The molecule has 6 heteroatoms. The summed E-state index contributed by atoms with van der Waals surface area (Å²) in [6.07, 6.45) is 0. The molecule has 4 nitrogen and oxygen atoms in total. The number of rotatable bonds is 3. The highest BCUT2D eigenvalue weighted by Gasteiger charge is 2.16. The van der Waals surface area contributed by atoms with Gasteiger partial charge in [0.25, 0.3) is 0 Å². The number of aliphatic imine (C=N–C) groups is 1. The summed E-state index contributed by atoms with van der Waals surface area (Å²) in [4.78, 5) is 3.92. The van der Waals surface area contributed by atoms with E-state index in [0.29, 0.717) is 5.69 Å². The lowest BCUT2D eigenvalue weighted by Gasteiger charge is -2.10. The van der Waals surface area contributed by atoms with Crippen molar-refractivity contribution in [3.05, 3.63) is 24.3 Å². The smallest absolute Gasteiger partial charge is 0.207 e. The van der Waals surface area contributed by atoms with Gasteiger partial charge in [0, 0.05) is 14.1 Å². The number of isothiocyanates is 1. The van der Waals surface area contributed by atoms with Gasteiger partial charge in [0.2, 0.25) is 10.0 Å². The van der Waals surface area contributed by atoms with Crippen LogP contribution in [0.5, 0.6) is 0 Å². The first-order valence-electron chi connectivity index (χ1n) is 4.09. The van der Waals surface area contributed by atoms with Gasteiger partial charge in [-0.2, -0.15) is 4.99 Å². The van der Waals surface area contributed by atoms with Gasteiger partial charge in [0.15, 0.2) is 0 Å². The van der Waals surface area contributed by atoms with Gasteiger partial charge in [-0.25, -0.2) is 12.7 Å². The number of hydrogen-bond donors (Lipinski definition) is 0. The summed E-state index contributed by atoms with van der Waals surface area (Å²) in [5.41, 5.74) is 0.480. The number of hydrogen-bond acceptors (Lipinski definition) is 4. The van der Waals surface area contributed by atoms with E-state index >= 15 is 0 Å². The molecular weight excluding hydrogens is 232 g/mol. The number of benzene rings is 1. The fourth-order valence-electron chi connectivity index (χ4n) is 0.977. The first-order valence-corrected chi connectivity index (χ1v) is 5.94. The average molecular weight is 242 g/mol. The molecule has 0 unspecified atom stereocenters. The SMILES string of the molecule is CN(C)S(=O)(=O)c1cccc(N=C=S)c1. The van der Waals surface area contributed by atoms with Gasteiger partial charge in [-0.05, 0) is 30.4 Å². The Morgan fingerprint density at radius 2 is 2.07 bits per heavy atom. The second-order valence-corrected chi connectivity index (χ2v) is 5.32. The number of nitrogens with zero attached hydrogens (tertiary/aromatic N) is 2. The van der Waals surface area contributed by atoms with Crippen molar-refractivity contribution in [2.45, 2.75) is 4.90 Å². The van der Waals surface area contributed by atoms with Crippen LogP contribution in [0.4, 0.5) is 5.69 Å².